The summed E-state index contributed by atoms with van der Waals surface area (Å²) < 4.78 is 5.46. The molecule has 0 spiro atoms. The molecule has 3 N–H and O–H groups in total. The number of anilines is 2. The first-order chi connectivity index (χ1) is 15.2. The van der Waals surface area contributed by atoms with Crippen molar-refractivity contribution in [3.63, 3.8) is 0 Å². The molecule has 1 aliphatic rings. The molecule has 1 atom stereocenters. The number of hydrogen-bond acceptors (Lipinski definition) is 4. The molecule has 1 heterocycles. The molecule has 0 aliphatic carbocycles. The number of allylic oxidation sites excluding steroid dienone is 1. The predicted octanol–water partition coefficient (Wildman–Crippen LogP) is 4.73. The minimum atomic E-state index is -0.444. The monoisotopic (exact) mass is 452 g/mol. The van der Waals surface area contributed by atoms with Gasteiger partial charge in [0.05, 0.1) is 17.7 Å². The zero-order valence-corrected chi connectivity index (χ0v) is 19.7. The van der Waals surface area contributed by atoms with Gasteiger partial charge in [0.25, 0.3) is 0 Å². The van der Waals surface area contributed by atoms with E-state index in [-0.39, 0.29) is 18.1 Å². The van der Waals surface area contributed by atoms with E-state index < -0.39 is 6.04 Å². The first-order valence-electron chi connectivity index (χ1n) is 10.4. The highest BCUT2D eigenvalue weighted by Crippen LogP contribution is 2.31. The Morgan fingerprint density at radius 2 is 1.72 bits per heavy atom. The molecule has 2 aromatic rings. The maximum absolute atomic E-state index is 12.8. The molecule has 0 radical (unpaired) electrons. The molecule has 0 saturated heterocycles. The largest absolute Gasteiger partial charge is 0.459 e. The number of hydrogen-bond donors (Lipinski definition) is 3. The number of nitrogens with zero attached hydrogens (tertiary/aromatic N) is 1. The van der Waals surface area contributed by atoms with E-state index in [1.165, 1.54) is 0 Å². The number of amides is 2. The number of aryl methyl sites for hydroxylation is 1. The van der Waals surface area contributed by atoms with E-state index in [0.717, 1.165) is 22.5 Å². The van der Waals surface area contributed by atoms with Crippen molar-refractivity contribution < 1.29 is 14.3 Å². The Bertz CT molecular complexity index is 1060. The second kappa shape index (κ2) is 9.82. The van der Waals surface area contributed by atoms with Gasteiger partial charge in [-0.25, -0.2) is 9.59 Å². The normalized spacial score (nSPS) is 16.0. The van der Waals surface area contributed by atoms with E-state index in [4.69, 9.17) is 17.0 Å². The average molecular weight is 453 g/mol. The van der Waals surface area contributed by atoms with Gasteiger partial charge in [0.15, 0.2) is 5.11 Å². The van der Waals surface area contributed by atoms with Gasteiger partial charge in [0.2, 0.25) is 0 Å². The van der Waals surface area contributed by atoms with E-state index in [9.17, 15) is 9.59 Å². The number of ether oxygens (including phenoxy) is 1. The Hall–Kier alpha value is -3.39. The first kappa shape index (κ1) is 23.3. The Morgan fingerprint density at radius 1 is 1.06 bits per heavy atom. The Labute approximate surface area is 193 Å². The van der Waals surface area contributed by atoms with Gasteiger partial charge in [-0.2, -0.15) is 0 Å². The van der Waals surface area contributed by atoms with Crippen LogP contribution in [-0.4, -0.2) is 35.2 Å². The lowest BCUT2D eigenvalue weighted by molar-refractivity contribution is -0.143. The number of carbonyl (C=O) groups excluding carboxylic acids is 2. The fourth-order valence-electron chi connectivity index (χ4n) is 3.40. The third kappa shape index (κ3) is 5.45. The number of nitrogens with one attached hydrogen (secondary N) is 3. The molecule has 2 amide bonds. The highest BCUT2D eigenvalue weighted by molar-refractivity contribution is 7.80. The molecule has 2 aromatic carbocycles. The molecule has 0 fully saturated rings. The second-order valence-electron chi connectivity index (χ2n) is 7.97. The number of thiocarbonyl (C=S) groups is 1. The maximum Gasteiger partial charge on any atom is 0.338 e. The lowest BCUT2D eigenvalue weighted by Gasteiger charge is -2.35. The first-order valence-corrected chi connectivity index (χ1v) is 10.8. The summed E-state index contributed by atoms with van der Waals surface area (Å²) in [7, 11) is 1.81. The minimum Gasteiger partial charge on any atom is -0.459 e. The highest BCUT2D eigenvalue weighted by Gasteiger charge is 2.33. The minimum absolute atomic E-state index is 0.235. The van der Waals surface area contributed by atoms with E-state index in [1.54, 1.807) is 17.0 Å². The van der Waals surface area contributed by atoms with Crippen LogP contribution in [0.3, 0.4) is 0 Å². The van der Waals surface area contributed by atoms with Gasteiger partial charge in [0, 0.05) is 24.1 Å². The van der Waals surface area contributed by atoms with Crippen LogP contribution in [0.2, 0.25) is 0 Å². The lowest BCUT2D eigenvalue weighted by atomic mass is 9.95. The van der Waals surface area contributed by atoms with Crippen LogP contribution in [0.1, 0.15) is 37.9 Å². The van der Waals surface area contributed by atoms with Crippen LogP contribution in [0.4, 0.5) is 16.2 Å². The summed E-state index contributed by atoms with van der Waals surface area (Å²) in [6.07, 6.45) is -0.235. The van der Waals surface area contributed by atoms with Crippen LogP contribution in [0, 0.1) is 6.92 Å². The third-order valence-electron chi connectivity index (χ3n) is 5.09. The number of benzene rings is 2. The predicted molar refractivity (Wildman–Crippen MR) is 130 cm³/mol. The van der Waals surface area contributed by atoms with Crippen molar-refractivity contribution in [2.75, 3.05) is 17.7 Å². The number of carbonyl (C=O) groups is 2. The molecule has 168 valence electrons. The van der Waals surface area contributed by atoms with Crippen LogP contribution < -0.4 is 16.0 Å². The van der Waals surface area contributed by atoms with E-state index in [2.05, 4.69) is 16.0 Å². The molecule has 0 unspecified atom stereocenters. The van der Waals surface area contributed by atoms with Crippen molar-refractivity contribution in [2.45, 2.75) is 39.8 Å². The number of urea groups is 1. The molecule has 1 aliphatic heterocycles. The van der Waals surface area contributed by atoms with Crippen LogP contribution >= 0.6 is 12.2 Å². The topological polar surface area (TPSA) is 82.7 Å². The molecule has 0 saturated carbocycles. The zero-order chi connectivity index (χ0) is 23.4. The molecular formula is C24H28N4O3S. The maximum atomic E-state index is 12.8. The lowest BCUT2D eigenvalue weighted by Crippen LogP contribution is -2.46. The fourth-order valence-corrected chi connectivity index (χ4v) is 3.66. The van der Waals surface area contributed by atoms with Gasteiger partial charge in [-0.15, -0.1) is 0 Å². The summed E-state index contributed by atoms with van der Waals surface area (Å²) in [5, 5.41) is 9.36. The van der Waals surface area contributed by atoms with Crippen molar-refractivity contribution in [1.82, 2.24) is 10.2 Å². The van der Waals surface area contributed by atoms with Gasteiger partial charge >= 0.3 is 12.0 Å². The molecule has 8 heteroatoms. The molecule has 3 rings (SSSR count). The molecule has 7 nitrogen and oxygen atoms in total. The van der Waals surface area contributed by atoms with Gasteiger partial charge in [0.1, 0.15) is 0 Å². The molecule has 0 aromatic heterocycles. The summed E-state index contributed by atoms with van der Waals surface area (Å²) in [6.45, 7) is 7.44. The van der Waals surface area contributed by atoms with Crippen molar-refractivity contribution in [3.05, 3.63) is 70.9 Å². The Kier molecular flexibility index (Phi) is 7.15. The van der Waals surface area contributed by atoms with Crippen LogP contribution in [0.25, 0.3) is 0 Å². The van der Waals surface area contributed by atoms with Crippen molar-refractivity contribution in [2.24, 2.45) is 0 Å². The van der Waals surface area contributed by atoms with E-state index in [0.29, 0.717) is 16.4 Å². The van der Waals surface area contributed by atoms with E-state index in [1.807, 2.05) is 71.1 Å². The third-order valence-corrected chi connectivity index (χ3v) is 5.49. The summed E-state index contributed by atoms with van der Waals surface area (Å²) >= 11 is 5.43. The molecule has 32 heavy (non-hydrogen) atoms. The average Bonchev–Trinajstić information content (AvgIpc) is 2.71. The molecule has 0 bridgehead atoms. The Morgan fingerprint density at radius 3 is 2.34 bits per heavy atom. The fraction of sp³-hybridized carbons (Fsp3) is 0.292. The smallest absolute Gasteiger partial charge is 0.338 e. The van der Waals surface area contributed by atoms with Gasteiger partial charge in [-0.3, -0.25) is 0 Å². The van der Waals surface area contributed by atoms with E-state index >= 15 is 0 Å². The quantitative estimate of drug-likeness (QED) is 0.450. The van der Waals surface area contributed by atoms with Crippen LogP contribution in [-0.2, 0) is 9.53 Å². The Balaban J connectivity index is 1.78. The number of rotatable bonds is 5. The van der Waals surface area contributed by atoms with Gasteiger partial charge in [-0.05, 0) is 75.3 Å². The number of esters is 1. The van der Waals surface area contributed by atoms with Crippen molar-refractivity contribution in [1.29, 1.82) is 0 Å². The van der Waals surface area contributed by atoms with Crippen molar-refractivity contribution >= 4 is 40.7 Å². The standard InChI is InChI=1S/C24H28N4O3S/c1-14(2)31-22(29)20-16(4)28(5)24(32)27-21(20)17-9-11-18(12-10-17)25-23(30)26-19-8-6-7-15(3)13-19/h6-14,21H,1-5H3,(H,27,32)(H2,25,26,30)/t21-/m0/s1. The summed E-state index contributed by atoms with van der Waals surface area (Å²) in [5.41, 5.74) is 4.49. The molecular weight excluding hydrogens is 424 g/mol. The SMILES string of the molecule is CC1=C(C(=O)OC(C)C)[C@H](c2ccc(NC(=O)Nc3cccc(C)c3)cc2)NC(=S)N1C. The summed E-state index contributed by atoms with van der Waals surface area (Å²) in [6, 6.07) is 14.1. The summed E-state index contributed by atoms with van der Waals surface area (Å²) in [4.78, 5) is 26.9. The van der Waals surface area contributed by atoms with Crippen molar-refractivity contribution in [3.8, 4) is 0 Å². The highest BCUT2D eigenvalue weighted by atomic mass is 32.1. The second-order valence-corrected chi connectivity index (χ2v) is 8.35. The van der Waals surface area contributed by atoms with Crippen LogP contribution in [0.5, 0.6) is 0 Å². The van der Waals surface area contributed by atoms with Gasteiger partial charge < -0.3 is 25.6 Å². The summed E-state index contributed by atoms with van der Waals surface area (Å²) in [5.74, 6) is -0.385. The van der Waals surface area contributed by atoms with Crippen LogP contribution in [0.15, 0.2) is 59.8 Å². The zero-order valence-electron chi connectivity index (χ0n) is 18.9. The van der Waals surface area contributed by atoms with Gasteiger partial charge in [-0.1, -0.05) is 24.3 Å².